The van der Waals surface area contributed by atoms with Crippen LogP contribution >= 0.6 is 15.9 Å². The third-order valence-electron chi connectivity index (χ3n) is 6.18. The highest BCUT2D eigenvalue weighted by Crippen LogP contribution is 2.45. The molecule has 0 saturated carbocycles. The summed E-state index contributed by atoms with van der Waals surface area (Å²) in [4.78, 5) is 0. The first-order valence-electron chi connectivity index (χ1n) is 10.3. The lowest BCUT2D eigenvalue weighted by molar-refractivity contribution is 0.219. The molecular weight excluding hydrogens is 439 g/mol. The summed E-state index contributed by atoms with van der Waals surface area (Å²) < 4.78 is 15.5. The highest BCUT2D eigenvalue weighted by molar-refractivity contribution is 9.10. The molecular formula is C26H24BrFN2. The van der Waals surface area contributed by atoms with Gasteiger partial charge in [-0.3, -0.25) is 0 Å². The minimum Gasteiger partial charge on any atom is -0.314 e. The predicted molar refractivity (Wildman–Crippen MR) is 123 cm³/mol. The van der Waals surface area contributed by atoms with Gasteiger partial charge in [0.1, 0.15) is 5.82 Å². The third kappa shape index (κ3) is 4.05. The number of benzene rings is 3. The van der Waals surface area contributed by atoms with Crippen LogP contribution < -0.4 is 5.32 Å². The Bertz CT molecular complexity index is 1060. The maximum absolute atomic E-state index is 14.5. The Morgan fingerprint density at radius 3 is 2.53 bits per heavy atom. The summed E-state index contributed by atoms with van der Waals surface area (Å²) in [6.45, 7) is 2.82. The van der Waals surface area contributed by atoms with Crippen molar-refractivity contribution in [1.82, 2.24) is 5.32 Å². The topological polar surface area (TPSA) is 35.8 Å². The zero-order valence-corrected chi connectivity index (χ0v) is 18.5. The van der Waals surface area contributed by atoms with Gasteiger partial charge in [0.25, 0.3) is 0 Å². The first-order chi connectivity index (χ1) is 14.5. The zero-order chi connectivity index (χ0) is 21.1. The Morgan fingerprint density at radius 1 is 1.10 bits per heavy atom. The zero-order valence-electron chi connectivity index (χ0n) is 16.9. The van der Waals surface area contributed by atoms with Crippen LogP contribution in [0.1, 0.15) is 24.5 Å². The molecule has 0 amide bonds. The lowest BCUT2D eigenvalue weighted by Gasteiger charge is -2.43. The fourth-order valence-electron chi connectivity index (χ4n) is 4.68. The van der Waals surface area contributed by atoms with Gasteiger partial charge in [-0.2, -0.15) is 5.26 Å². The average Bonchev–Trinajstić information content (AvgIpc) is 2.76. The van der Waals surface area contributed by atoms with Crippen LogP contribution in [0.5, 0.6) is 0 Å². The first-order valence-corrected chi connectivity index (χ1v) is 11.1. The summed E-state index contributed by atoms with van der Waals surface area (Å²) in [7, 11) is 0. The van der Waals surface area contributed by atoms with Crippen molar-refractivity contribution < 1.29 is 4.39 Å². The molecule has 3 aromatic carbocycles. The minimum atomic E-state index is -0.773. The molecule has 2 nitrogen and oxygen atoms in total. The lowest BCUT2D eigenvalue weighted by Crippen LogP contribution is -2.52. The maximum atomic E-state index is 14.5. The third-order valence-corrected chi connectivity index (χ3v) is 6.71. The molecule has 4 heteroatoms. The van der Waals surface area contributed by atoms with E-state index in [0.717, 1.165) is 34.1 Å². The van der Waals surface area contributed by atoms with Crippen molar-refractivity contribution in [3.63, 3.8) is 0 Å². The van der Waals surface area contributed by atoms with Crippen LogP contribution in [0.4, 0.5) is 4.39 Å². The van der Waals surface area contributed by atoms with Crippen LogP contribution in [0.25, 0.3) is 11.1 Å². The fraction of sp³-hybridized carbons (Fsp3) is 0.269. The summed E-state index contributed by atoms with van der Waals surface area (Å²) in [6.07, 6.45) is 1.42. The number of nitrogens with zero attached hydrogens (tertiary/aromatic N) is 1. The minimum absolute atomic E-state index is 0.0390. The van der Waals surface area contributed by atoms with Gasteiger partial charge in [-0.1, -0.05) is 64.5 Å². The van der Waals surface area contributed by atoms with E-state index >= 15 is 0 Å². The summed E-state index contributed by atoms with van der Waals surface area (Å²) in [5.74, 6) is -0.262. The fourth-order valence-corrected chi connectivity index (χ4v) is 4.94. The number of nitriles is 1. The predicted octanol–water partition coefficient (Wildman–Crippen LogP) is 6.26. The highest BCUT2D eigenvalue weighted by atomic mass is 79.9. The molecule has 0 aliphatic carbocycles. The van der Waals surface area contributed by atoms with Crippen molar-refractivity contribution in [3.05, 3.63) is 94.2 Å². The molecule has 4 rings (SSSR count). The molecule has 1 saturated heterocycles. The molecule has 1 fully saturated rings. The van der Waals surface area contributed by atoms with Gasteiger partial charge in [0, 0.05) is 17.1 Å². The molecule has 3 aromatic rings. The lowest BCUT2D eigenvalue weighted by atomic mass is 9.62. The Labute approximate surface area is 185 Å². The monoisotopic (exact) mass is 462 g/mol. The van der Waals surface area contributed by atoms with E-state index in [-0.39, 0.29) is 17.8 Å². The van der Waals surface area contributed by atoms with Crippen LogP contribution in [0.15, 0.2) is 77.3 Å². The van der Waals surface area contributed by atoms with Crippen LogP contribution in [-0.4, -0.2) is 12.6 Å². The number of piperidine rings is 1. The summed E-state index contributed by atoms with van der Waals surface area (Å²) in [6, 6.07) is 26.0. The van der Waals surface area contributed by atoms with E-state index in [9.17, 15) is 9.65 Å². The first kappa shape index (κ1) is 20.8. The second kappa shape index (κ2) is 8.71. The Kier molecular flexibility index (Phi) is 6.04. The largest absolute Gasteiger partial charge is 0.314 e. The molecule has 1 aliphatic heterocycles. The Balaban J connectivity index is 1.86. The van der Waals surface area contributed by atoms with E-state index in [0.29, 0.717) is 6.42 Å². The van der Waals surface area contributed by atoms with Crippen molar-refractivity contribution in [2.75, 3.05) is 6.54 Å². The molecule has 0 bridgehead atoms. The molecule has 0 radical (unpaired) electrons. The van der Waals surface area contributed by atoms with Gasteiger partial charge in [-0.15, -0.1) is 0 Å². The van der Waals surface area contributed by atoms with E-state index in [1.54, 1.807) is 6.07 Å². The number of halogens is 2. The number of hydrogen-bond acceptors (Lipinski definition) is 2. The summed E-state index contributed by atoms with van der Waals surface area (Å²) >= 11 is 3.48. The van der Waals surface area contributed by atoms with Crippen LogP contribution in [0.3, 0.4) is 0 Å². The van der Waals surface area contributed by atoms with Crippen LogP contribution in [-0.2, 0) is 11.8 Å². The quantitative estimate of drug-likeness (QED) is 0.496. The van der Waals surface area contributed by atoms with Crippen LogP contribution in [0, 0.1) is 23.1 Å². The van der Waals surface area contributed by atoms with E-state index in [1.165, 1.54) is 11.6 Å². The molecule has 1 N–H and O–H groups in total. The average molecular weight is 463 g/mol. The molecule has 3 unspecified atom stereocenters. The van der Waals surface area contributed by atoms with Gasteiger partial charge in [0.15, 0.2) is 0 Å². The van der Waals surface area contributed by atoms with E-state index in [2.05, 4.69) is 46.4 Å². The number of hydrogen-bond donors (Lipinski definition) is 1. The van der Waals surface area contributed by atoms with E-state index in [1.807, 2.05) is 48.5 Å². The van der Waals surface area contributed by atoms with E-state index < -0.39 is 5.41 Å². The maximum Gasteiger partial charge on any atom is 0.123 e. The summed E-state index contributed by atoms with van der Waals surface area (Å²) in [5.41, 5.74) is 3.14. The van der Waals surface area contributed by atoms with Crippen molar-refractivity contribution in [2.45, 2.75) is 31.2 Å². The standard InChI is InChI=1S/C26H24BrFN2/c1-18-15-26(17-29,21(16-30-18)13-19-5-3-2-4-6-19)25-14-23(28)11-12-24(25)20-7-9-22(27)10-8-20/h2-12,14,18,21,30H,13,15-16H2,1H3. The Morgan fingerprint density at radius 2 is 1.83 bits per heavy atom. The summed E-state index contributed by atoms with van der Waals surface area (Å²) in [5, 5.41) is 14.1. The van der Waals surface area contributed by atoms with Crippen molar-refractivity contribution in [3.8, 4) is 17.2 Å². The van der Waals surface area contributed by atoms with Gasteiger partial charge in [0.2, 0.25) is 0 Å². The molecule has 1 aliphatic rings. The number of rotatable bonds is 4. The van der Waals surface area contributed by atoms with Gasteiger partial charge >= 0.3 is 0 Å². The normalized spacial score (nSPS) is 23.7. The molecule has 0 spiro atoms. The smallest absolute Gasteiger partial charge is 0.123 e. The van der Waals surface area contributed by atoms with Gasteiger partial charge < -0.3 is 5.32 Å². The van der Waals surface area contributed by atoms with Crippen molar-refractivity contribution in [2.24, 2.45) is 5.92 Å². The number of nitrogens with one attached hydrogen (secondary N) is 1. The molecule has 3 atom stereocenters. The highest BCUT2D eigenvalue weighted by Gasteiger charge is 2.46. The molecule has 30 heavy (non-hydrogen) atoms. The Hall–Kier alpha value is -2.48. The second-order valence-corrected chi connectivity index (χ2v) is 9.10. The second-order valence-electron chi connectivity index (χ2n) is 8.18. The van der Waals surface area contributed by atoms with Gasteiger partial charge in [-0.25, -0.2) is 4.39 Å². The molecule has 0 aromatic heterocycles. The van der Waals surface area contributed by atoms with Crippen LogP contribution in [0.2, 0.25) is 0 Å². The van der Waals surface area contributed by atoms with Gasteiger partial charge in [-0.05, 0) is 72.2 Å². The SMILES string of the molecule is CC1CC(C#N)(c2cc(F)ccc2-c2ccc(Br)cc2)C(Cc2ccccc2)CN1. The van der Waals surface area contributed by atoms with Crippen molar-refractivity contribution >= 4 is 15.9 Å². The van der Waals surface area contributed by atoms with Gasteiger partial charge in [0.05, 0.1) is 11.5 Å². The molecule has 1 heterocycles. The molecule has 152 valence electrons. The van der Waals surface area contributed by atoms with E-state index in [4.69, 9.17) is 0 Å². The van der Waals surface area contributed by atoms with Crippen molar-refractivity contribution in [1.29, 1.82) is 5.26 Å².